The molecule has 1 atom stereocenters. The monoisotopic (exact) mass is 401 g/mol. The molecule has 0 radical (unpaired) electrons. The molecule has 2 aromatic rings. The number of hydrogen-bond donors (Lipinski definition) is 1. The highest BCUT2D eigenvalue weighted by Crippen LogP contribution is 2.30. The summed E-state index contributed by atoms with van der Waals surface area (Å²) >= 11 is 1.66. The van der Waals surface area contributed by atoms with Gasteiger partial charge in [0.05, 0.1) is 4.90 Å². The van der Waals surface area contributed by atoms with Crippen LogP contribution in [0.2, 0.25) is 0 Å². The molecule has 1 heterocycles. The van der Waals surface area contributed by atoms with E-state index in [1.54, 1.807) is 43.0 Å². The van der Waals surface area contributed by atoms with Gasteiger partial charge >= 0.3 is 0 Å². The molecule has 1 aliphatic heterocycles. The molecule has 2 aromatic carbocycles. The molecule has 0 saturated heterocycles. The highest BCUT2D eigenvalue weighted by atomic mass is 32.2. The zero-order chi connectivity index (χ0) is 19.6. The summed E-state index contributed by atoms with van der Waals surface area (Å²) in [4.78, 5) is 13.7. The first-order valence-corrected chi connectivity index (χ1v) is 11.3. The molecule has 1 N–H and O–H groups in total. The quantitative estimate of drug-likeness (QED) is 0.742. The van der Waals surface area contributed by atoms with Gasteiger partial charge in [0.25, 0.3) is 0 Å². The van der Waals surface area contributed by atoms with Gasteiger partial charge in [-0.05, 0) is 57.0 Å². The number of rotatable bonds is 6. The molecule has 27 heavy (non-hydrogen) atoms. The lowest BCUT2D eigenvalue weighted by Gasteiger charge is -2.14. The third kappa shape index (κ3) is 4.28. The maximum Gasteiger partial charge on any atom is 0.248 e. The molecule has 0 aromatic heterocycles. The molecular formula is C21H23NO3S2. The first kappa shape index (κ1) is 19.7. The molecule has 1 unspecified atom stereocenters. The van der Waals surface area contributed by atoms with Crippen molar-refractivity contribution < 1.29 is 13.2 Å². The number of thioether (sulfide) groups is 1. The van der Waals surface area contributed by atoms with Crippen LogP contribution < -0.4 is 5.32 Å². The lowest BCUT2D eigenvalue weighted by molar-refractivity contribution is -0.116. The zero-order valence-electron chi connectivity index (χ0n) is 15.7. The van der Waals surface area contributed by atoms with E-state index in [0.717, 1.165) is 16.2 Å². The Morgan fingerprint density at radius 1 is 0.926 bits per heavy atom. The van der Waals surface area contributed by atoms with Crippen LogP contribution in [0.15, 0.2) is 69.5 Å². The topological polar surface area (TPSA) is 63.2 Å². The Hall–Kier alpha value is -2.05. The van der Waals surface area contributed by atoms with Crippen LogP contribution in [-0.2, 0) is 14.6 Å². The molecule has 142 valence electrons. The number of carbonyl (C=O) groups excluding carboxylic acids is 1. The van der Waals surface area contributed by atoms with Crippen LogP contribution in [0.4, 0.5) is 0 Å². The van der Waals surface area contributed by atoms with Gasteiger partial charge in [0, 0.05) is 16.2 Å². The fraction of sp³-hybridized carbons (Fsp3) is 0.286. The summed E-state index contributed by atoms with van der Waals surface area (Å²) in [5, 5.41) is 1.67. The smallest absolute Gasteiger partial charge is 0.248 e. The van der Waals surface area contributed by atoms with Crippen LogP contribution in [-0.4, -0.2) is 25.5 Å². The molecule has 4 nitrogen and oxygen atoms in total. The molecule has 0 spiro atoms. The molecule has 1 aliphatic rings. The second-order valence-electron chi connectivity index (χ2n) is 6.78. The summed E-state index contributed by atoms with van der Waals surface area (Å²) in [6.07, 6.45) is 0.538. The number of benzene rings is 2. The normalized spacial score (nSPS) is 17.3. The van der Waals surface area contributed by atoms with E-state index in [0.29, 0.717) is 17.6 Å². The average molecular weight is 402 g/mol. The SMILES string of the molecule is CC1=C(CCSc2ccc(C)cc2)C(=O)NC1S(=O)(=O)c1ccc(C)cc1. The van der Waals surface area contributed by atoms with Crippen molar-refractivity contribution in [3.8, 4) is 0 Å². The lowest BCUT2D eigenvalue weighted by atomic mass is 10.1. The number of hydrogen-bond acceptors (Lipinski definition) is 4. The van der Waals surface area contributed by atoms with Crippen LogP contribution >= 0.6 is 11.8 Å². The number of nitrogens with one attached hydrogen (secondary N) is 1. The first-order chi connectivity index (χ1) is 12.8. The van der Waals surface area contributed by atoms with Gasteiger partial charge in [-0.15, -0.1) is 11.8 Å². The predicted molar refractivity (Wildman–Crippen MR) is 110 cm³/mol. The van der Waals surface area contributed by atoms with Gasteiger partial charge < -0.3 is 5.32 Å². The van der Waals surface area contributed by atoms with Crippen LogP contribution in [0.1, 0.15) is 24.5 Å². The summed E-state index contributed by atoms with van der Waals surface area (Å²) in [6, 6.07) is 14.9. The van der Waals surface area contributed by atoms with Gasteiger partial charge in [0.1, 0.15) is 0 Å². The summed E-state index contributed by atoms with van der Waals surface area (Å²) < 4.78 is 25.8. The van der Waals surface area contributed by atoms with E-state index < -0.39 is 15.2 Å². The molecule has 6 heteroatoms. The summed E-state index contributed by atoms with van der Waals surface area (Å²) in [7, 11) is -3.65. The van der Waals surface area contributed by atoms with E-state index in [2.05, 4.69) is 29.6 Å². The van der Waals surface area contributed by atoms with E-state index in [1.807, 2.05) is 13.8 Å². The van der Waals surface area contributed by atoms with Gasteiger partial charge in [-0.25, -0.2) is 8.42 Å². The van der Waals surface area contributed by atoms with Crippen molar-refractivity contribution in [3.63, 3.8) is 0 Å². The van der Waals surface area contributed by atoms with Crippen molar-refractivity contribution in [3.05, 3.63) is 70.8 Å². The molecule has 0 fully saturated rings. The lowest BCUT2D eigenvalue weighted by Crippen LogP contribution is -2.35. The van der Waals surface area contributed by atoms with E-state index in [9.17, 15) is 13.2 Å². The molecule has 0 saturated carbocycles. The largest absolute Gasteiger partial charge is 0.332 e. The average Bonchev–Trinajstić information content (AvgIpc) is 2.92. The third-order valence-corrected chi connectivity index (χ3v) is 7.74. The molecule has 3 rings (SSSR count). The molecule has 1 amide bonds. The van der Waals surface area contributed by atoms with Crippen LogP contribution in [0.25, 0.3) is 0 Å². The number of aryl methyl sites for hydroxylation is 2. The maximum absolute atomic E-state index is 12.9. The van der Waals surface area contributed by atoms with Crippen molar-refractivity contribution in [1.29, 1.82) is 0 Å². The van der Waals surface area contributed by atoms with Crippen molar-refractivity contribution in [2.75, 3.05) is 5.75 Å². The molecule has 0 bridgehead atoms. The number of amides is 1. The van der Waals surface area contributed by atoms with Crippen LogP contribution in [0.3, 0.4) is 0 Å². The Morgan fingerprint density at radius 2 is 1.48 bits per heavy atom. The van der Waals surface area contributed by atoms with Gasteiger partial charge in [-0.2, -0.15) is 0 Å². The highest BCUT2D eigenvalue weighted by molar-refractivity contribution is 7.99. The minimum Gasteiger partial charge on any atom is -0.332 e. The van der Waals surface area contributed by atoms with Crippen LogP contribution in [0, 0.1) is 13.8 Å². The van der Waals surface area contributed by atoms with Gasteiger partial charge in [0.2, 0.25) is 15.7 Å². The third-order valence-electron chi connectivity index (χ3n) is 4.71. The minimum absolute atomic E-state index is 0.230. The minimum atomic E-state index is -3.65. The van der Waals surface area contributed by atoms with Crippen molar-refractivity contribution in [2.45, 2.75) is 42.4 Å². The van der Waals surface area contributed by atoms with Crippen molar-refractivity contribution >= 4 is 27.5 Å². The fourth-order valence-corrected chi connectivity index (χ4v) is 5.57. The summed E-state index contributed by atoms with van der Waals surface area (Å²) in [5.74, 6) is 0.443. The highest BCUT2D eigenvalue weighted by Gasteiger charge is 2.38. The predicted octanol–water partition coefficient (Wildman–Crippen LogP) is 4.03. The standard InChI is InChI=1S/C21H23NO3S2/c1-14-4-8-17(9-5-14)26-13-12-19-16(3)21(22-20(19)23)27(24,25)18-10-6-15(2)7-11-18/h4-11,21H,12-13H2,1-3H3,(H,22,23). The second-order valence-corrected chi connectivity index (χ2v) is 9.99. The fourth-order valence-electron chi connectivity index (χ4n) is 3.04. The zero-order valence-corrected chi connectivity index (χ0v) is 17.3. The summed E-state index contributed by atoms with van der Waals surface area (Å²) in [6.45, 7) is 5.68. The van der Waals surface area contributed by atoms with E-state index in [-0.39, 0.29) is 10.8 Å². The Labute approximate surface area is 165 Å². The van der Waals surface area contributed by atoms with E-state index >= 15 is 0 Å². The van der Waals surface area contributed by atoms with E-state index in [1.165, 1.54) is 5.56 Å². The Balaban J connectivity index is 1.74. The van der Waals surface area contributed by atoms with E-state index in [4.69, 9.17) is 0 Å². The number of sulfone groups is 1. The second kappa shape index (κ2) is 7.90. The number of carbonyl (C=O) groups is 1. The summed E-state index contributed by atoms with van der Waals surface area (Å²) in [5.41, 5.74) is 3.38. The van der Waals surface area contributed by atoms with Gasteiger partial charge in [-0.1, -0.05) is 35.4 Å². The van der Waals surface area contributed by atoms with Gasteiger partial charge in [-0.3, -0.25) is 4.79 Å². The van der Waals surface area contributed by atoms with Crippen molar-refractivity contribution in [1.82, 2.24) is 5.32 Å². The first-order valence-electron chi connectivity index (χ1n) is 8.79. The molecular weight excluding hydrogens is 378 g/mol. The molecule has 0 aliphatic carbocycles. The van der Waals surface area contributed by atoms with Crippen LogP contribution in [0.5, 0.6) is 0 Å². The maximum atomic E-state index is 12.9. The van der Waals surface area contributed by atoms with Gasteiger partial charge in [0.15, 0.2) is 5.37 Å². The Bertz CT molecular complexity index is 975. The Kier molecular flexibility index (Phi) is 5.77. The Morgan fingerprint density at radius 3 is 2.07 bits per heavy atom. The van der Waals surface area contributed by atoms with Crippen molar-refractivity contribution in [2.24, 2.45) is 0 Å².